The Morgan fingerprint density at radius 3 is 3.00 bits per heavy atom. The number of carbonyl (C=O) groups is 1. The molecule has 19 heavy (non-hydrogen) atoms. The second-order valence-corrected chi connectivity index (χ2v) is 4.71. The lowest BCUT2D eigenvalue weighted by Gasteiger charge is -1.97. The summed E-state index contributed by atoms with van der Waals surface area (Å²) in [4.78, 5) is 27.8. The van der Waals surface area contributed by atoms with Gasteiger partial charge in [0.25, 0.3) is 5.56 Å². The maximum atomic E-state index is 11.8. The zero-order valence-electron chi connectivity index (χ0n) is 9.99. The number of hydrogen-bond donors (Lipinski definition) is 0. The van der Waals surface area contributed by atoms with Gasteiger partial charge in [0.2, 0.25) is 9.97 Å². The van der Waals surface area contributed by atoms with Crippen LogP contribution in [0.1, 0.15) is 16.7 Å². The number of fused-ring (bicyclic) bond motifs is 3. The topological polar surface area (TPSA) is 73.6 Å². The summed E-state index contributed by atoms with van der Waals surface area (Å²) in [5, 5.41) is 4.82. The Morgan fingerprint density at radius 2 is 2.21 bits per heavy atom. The first kappa shape index (κ1) is 11.8. The molecule has 0 aliphatic heterocycles. The molecular weight excluding hydrogens is 266 g/mol. The maximum Gasteiger partial charge on any atom is 0.369 e. The van der Waals surface area contributed by atoms with E-state index < -0.39 is 5.97 Å². The van der Waals surface area contributed by atoms with Crippen molar-refractivity contribution in [3.63, 3.8) is 0 Å². The van der Waals surface area contributed by atoms with Crippen molar-refractivity contribution in [3.8, 4) is 0 Å². The number of aromatic nitrogens is 3. The van der Waals surface area contributed by atoms with Gasteiger partial charge in [-0.15, -0.1) is 5.10 Å². The fourth-order valence-corrected chi connectivity index (χ4v) is 2.56. The average Bonchev–Trinajstić information content (AvgIpc) is 2.83. The fraction of sp³-hybridized carbons (Fsp3) is 0.167. The van der Waals surface area contributed by atoms with Gasteiger partial charge in [-0.2, -0.15) is 4.98 Å². The highest BCUT2D eigenvalue weighted by atomic mass is 32.1. The second-order valence-electron chi connectivity index (χ2n) is 3.76. The molecule has 96 valence electrons. The lowest BCUT2D eigenvalue weighted by atomic mass is 10.2. The van der Waals surface area contributed by atoms with E-state index in [1.807, 2.05) is 0 Å². The fourth-order valence-electron chi connectivity index (χ4n) is 1.77. The second kappa shape index (κ2) is 4.43. The van der Waals surface area contributed by atoms with Crippen LogP contribution in [0.5, 0.6) is 0 Å². The third kappa shape index (κ3) is 1.88. The summed E-state index contributed by atoms with van der Waals surface area (Å²) in [6, 6.07) is 7.01. The van der Waals surface area contributed by atoms with Crippen molar-refractivity contribution < 1.29 is 9.53 Å². The van der Waals surface area contributed by atoms with Gasteiger partial charge in [0.15, 0.2) is 0 Å². The molecule has 0 fully saturated rings. The van der Waals surface area contributed by atoms with Crippen molar-refractivity contribution in [3.05, 3.63) is 39.6 Å². The number of rotatable bonds is 2. The van der Waals surface area contributed by atoms with Crippen LogP contribution in [0.4, 0.5) is 0 Å². The quantitative estimate of drug-likeness (QED) is 0.662. The summed E-state index contributed by atoms with van der Waals surface area (Å²) in [6.45, 7) is 2.00. The van der Waals surface area contributed by atoms with E-state index in [2.05, 4.69) is 10.1 Å². The predicted molar refractivity (Wildman–Crippen MR) is 70.6 cm³/mol. The molecule has 3 aromatic rings. The van der Waals surface area contributed by atoms with Gasteiger partial charge in [-0.3, -0.25) is 4.79 Å². The molecule has 0 atom stereocenters. The molecule has 2 aromatic heterocycles. The van der Waals surface area contributed by atoms with Crippen molar-refractivity contribution in [2.75, 3.05) is 6.61 Å². The van der Waals surface area contributed by atoms with E-state index in [4.69, 9.17) is 4.74 Å². The molecule has 0 spiro atoms. The molecule has 0 radical (unpaired) electrons. The number of nitrogens with zero attached hydrogens (tertiary/aromatic N) is 3. The summed E-state index contributed by atoms with van der Waals surface area (Å²) in [5.74, 6) is -0.505. The minimum absolute atomic E-state index is 0.185. The van der Waals surface area contributed by atoms with E-state index in [9.17, 15) is 9.59 Å². The minimum Gasteiger partial charge on any atom is -0.461 e. The first-order valence-electron chi connectivity index (χ1n) is 5.66. The Morgan fingerprint density at radius 1 is 1.42 bits per heavy atom. The summed E-state index contributed by atoms with van der Waals surface area (Å²) in [5.41, 5.74) is 0.305. The Balaban J connectivity index is 2.31. The summed E-state index contributed by atoms with van der Waals surface area (Å²) in [6.07, 6.45) is 0. The van der Waals surface area contributed by atoms with Crippen molar-refractivity contribution in [1.82, 2.24) is 14.6 Å². The zero-order chi connectivity index (χ0) is 13.4. The van der Waals surface area contributed by atoms with Gasteiger partial charge in [0.05, 0.1) is 17.5 Å². The van der Waals surface area contributed by atoms with Crippen LogP contribution in [-0.4, -0.2) is 27.2 Å². The lowest BCUT2D eigenvalue weighted by Crippen LogP contribution is -2.09. The maximum absolute atomic E-state index is 11.8. The van der Waals surface area contributed by atoms with Crippen LogP contribution in [0.2, 0.25) is 0 Å². The number of benzene rings is 1. The highest BCUT2D eigenvalue weighted by Crippen LogP contribution is 2.17. The molecule has 0 bridgehead atoms. The van der Waals surface area contributed by atoms with Crippen LogP contribution < -0.4 is 5.56 Å². The largest absolute Gasteiger partial charge is 0.461 e. The van der Waals surface area contributed by atoms with E-state index >= 15 is 0 Å². The van der Waals surface area contributed by atoms with Crippen molar-refractivity contribution >= 4 is 33.2 Å². The van der Waals surface area contributed by atoms with E-state index in [0.29, 0.717) is 15.9 Å². The van der Waals surface area contributed by atoms with Crippen LogP contribution in [0.3, 0.4) is 0 Å². The molecule has 2 heterocycles. The highest BCUT2D eigenvalue weighted by Gasteiger charge is 2.16. The van der Waals surface area contributed by atoms with Gasteiger partial charge in [-0.05, 0) is 19.1 Å². The molecule has 0 unspecified atom stereocenters. The van der Waals surface area contributed by atoms with Gasteiger partial charge >= 0.3 is 5.97 Å². The number of esters is 1. The molecule has 0 N–H and O–H groups in total. The Kier molecular flexibility index (Phi) is 2.75. The summed E-state index contributed by atoms with van der Waals surface area (Å²) in [7, 11) is 0. The van der Waals surface area contributed by atoms with Crippen LogP contribution in [0.25, 0.3) is 15.9 Å². The average molecular weight is 275 g/mol. The molecule has 0 amide bonds. The van der Waals surface area contributed by atoms with Gasteiger partial charge < -0.3 is 4.74 Å². The van der Waals surface area contributed by atoms with Gasteiger partial charge in [0, 0.05) is 0 Å². The third-order valence-corrected chi connectivity index (χ3v) is 3.46. The number of hydrogen-bond acceptors (Lipinski definition) is 6. The molecule has 3 rings (SSSR count). The van der Waals surface area contributed by atoms with Gasteiger partial charge in [-0.1, -0.05) is 23.5 Å². The number of carbonyl (C=O) groups excluding carboxylic acids is 1. The van der Waals surface area contributed by atoms with E-state index in [0.717, 1.165) is 11.3 Å². The third-order valence-electron chi connectivity index (χ3n) is 2.57. The monoisotopic (exact) mass is 275 g/mol. The highest BCUT2D eigenvalue weighted by molar-refractivity contribution is 7.18. The molecular formula is C12H9N3O3S. The predicted octanol–water partition coefficient (Wildman–Crippen LogP) is 1.48. The van der Waals surface area contributed by atoms with E-state index in [1.54, 1.807) is 31.2 Å². The van der Waals surface area contributed by atoms with Crippen LogP contribution in [0, 0.1) is 0 Å². The molecule has 7 heteroatoms. The standard InChI is InChI=1S/C12H9N3O3S/c1-2-18-11(17)10-14-15-8-6-4-3-5-7(8)9(16)13-12(15)19-10/h3-6H,2H2,1H3. The summed E-state index contributed by atoms with van der Waals surface area (Å²) >= 11 is 1.04. The zero-order valence-corrected chi connectivity index (χ0v) is 10.8. The molecule has 0 saturated carbocycles. The Hall–Kier alpha value is -2.28. The van der Waals surface area contributed by atoms with Gasteiger partial charge in [0.1, 0.15) is 0 Å². The minimum atomic E-state index is -0.505. The molecule has 6 nitrogen and oxygen atoms in total. The molecule has 0 aliphatic carbocycles. The normalized spacial score (nSPS) is 11.0. The molecule has 0 aliphatic rings. The van der Waals surface area contributed by atoms with Crippen molar-refractivity contribution in [1.29, 1.82) is 0 Å². The molecule has 1 aromatic carbocycles. The van der Waals surface area contributed by atoms with Crippen molar-refractivity contribution in [2.24, 2.45) is 0 Å². The van der Waals surface area contributed by atoms with Crippen LogP contribution in [0.15, 0.2) is 29.1 Å². The van der Waals surface area contributed by atoms with E-state index in [-0.39, 0.29) is 17.2 Å². The lowest BCUT2D eigenvalue weighted by molar-refractivity contribution is 0.0524. The first-order chi connectivity index (χ1) is 9.20. The molecule has 0 saturated heterocycles. The number of para-hydroxylation sites is 1. The first-order valence-corrected chi connectivity index (χ1v) is 6.48. The van der Waals surface area contributed by atoms with E-state index in [1.165, 1.54) is 4.52 Å². The van der Waals surface area contributed by atoms with Crippen molar-refractivity contribution in [2.45, 2.75) is 6.92 Å². The Bertz CT molecular complexity index is 837. The smallest absolute Gasteiger partial charge is 0.369 e. The number of ether oxygens (including phenoxy) is 1. The van der Waals surface area contributed by atoms with Gasteiger partial charge in [-0.25, -0.2) is 9.31 Å². The SMILES string of the molecule is CCOC(=O)c1nn2c(nc(=O)c3ccccc32)s1. The van der Waals surface area contributed by atoms with Crippen LogP contribution >= 0.6 is 11.3 Å². The Labute approximate surface area is 111 Å². The van der Waals surface area contributed by atoms with Crippen LogP contribution in [-0.2, 0) is 4.74 Å². The summed E-state index contributed by atoms with van der Waals surface area (Å²) < 4.78 is 6.38.